The Bertz CT molecular complexity index is 106. The topological polar surface area (TPSA) is 26.0 Å². The molecule has 4 atom stereocenters. The van der Waals surface area contributed by atoms with Gasteiger partial charge in [0.2, 0.25) is 0 Å². The molecule has 0 aliphatic heterocycles. The van der Waals surface area contributed by atoms with Crippen LogP contribution in [-0.4, -0.2) is 22.2 Å². The lowest BCUT2D eigenvalue weighted by molar-refractivity contribution is 0.459. The first kappa shape index (κ1) is 8.92. The summed E-state index contributed by atoms with van der Waals surface area (Å²) in [5, 5.41) is -0.353. The molecule has 1 nitrogen and oxygen atoms in total. The molecule has 10 heavy (non-hydrogen) atoms. The van der Waals surface area contributed by atoms with Crippen molar-refractivity contribution in [1.82, 2.24) is 0 Å². The minimum Gasteiger partial charge on any atom is -0.326 e. The predicted molar refractivity (Wildman–Crippen MR) is 46.1 cm³/mol. The minimum absolute atomic E-state index is 0.0102. The highest BCUT2D eigenvalue weighted by Crippen LogP contribution is 2.30. The maximum atomic E-state index is 5.87. The summed E-state index contributed by atoms with van der Waals surface area (Å²) in [4.78, 5) is 0. The number of hydrogen-bond donors (Lipinski definition) is 1. The second-order valence-corrected chi connectivity index (χ2v) is 4.21. The zero-order valence-electron chi connectivity index (χ0n) is 5.43. The fraction of sp³-hybridized carbons (Fsp3) is 1.00. The smallest absolute Gasteiger partial charge is 0.0678 e. The highest BCUT2D eigenvalue weighted by Gasteiger charge is 2.34. The molecule has 0 radical (unpaired) electrons. The van der Waals surface area contributed by atoms with Crippen molar-refractivity contribution in [2.24, 2.45) is 5.73 Å². The Balaban J connectivity index is 2.52. The van der Waals surface area contributed by atoms with E-state index in [-0.39, 0.29) is 22.2 Å². The Morgan fingerprint density at radius 3 is 2.10 bits per heavy atom. The number of alkyl halides is 3. The van der Waals surface area contributed by atoms with Gasteiger partial charge in [0.15, 0.2) is 0 Å². The molecule has 0 aromatic rings. The highest BCUT2D eigenvalue weighted by atomic mass is 35.5. The van der Waals surface area contributed by atoms with Crippen molar-refractivity contribution in [3.8, 4) is 0 Å². The Hall–Kier alpha value is 0.830. The van der Waals surface area contributed by atoms with E-state index < -0.39 is 0 Å². The van der Waals surface area contributed by atoms with Crippen LogP contribution >= 0.6 is 34.8 Å². The van der Waals surface area contributed by atoms with E-state index in [1.54, 1.807) is 0 Å². The van der Waals surface area contributed by atoms with Gasteiger partial charge in [0.25, 0.3) is 0 Å². The molecule has 0 bridgehead atoms. The molecule has 1 aliphatic rings. The number of hydrogen-bond acceptors (Lipinski definition) is 1. The van der Waals surface area contributed by atoms with Crippen molar-refractivity contribution in [3.63, 3.8) is 0 Å². The molecule has 60 valence electrons. The molecule has 1 saturated carbocycles. The van der Waals surface area contributed by atoms with Crippen LogP contribution in [0.4, 0.5) is 0 Å². The lowest BCUT2D eigenvalue weighted by atomic mass is 9.95. The standard InChI is InChI=1S/C6H10Cl3N/c7-3-1-2-4(10)6(9)5(3)8/h3-6H,1-2,10H2. The van der Waals surface area contributed by atoms with Gasteiger partial charge in [-0.15, -0.1) is 34.8 Å². The van der Waals surface area contributed by atoms with E-state index in [2.05, 4.69) is 0 Å². The molecule has 0 aromatic carbocycles. The maximum Gasteiger partial charge on any atom is 0.0678 e. The average Bonchev–Trinajstić information content (AvgIpc) is 1.93. The third-order valence-corrected chi connectivity index (χ3v) is 3.75. The van der Waals surface area contributed by atoms with E-state index >= 15 is 0 Å². The van der Waals surface area contributed by atoms with Crippen molar-refractivity contribution in [2.45, 2.75) is 35.0 Å². The number of rotatable bonds is 0. The molecule has 0 saturated heterocycles. The minimum atomic E-state index is -0.174. The summed E-state index contributed by atoms with van der Waals surface area (Å²) < 4.78 is 0. The van der Waals surface area contributed by atoms with Gasteiger partial charge in [-0.25, -0.2) is 0 Å². The second-order valence-electron chi connectivity index (χ2n) is 2.65. The Kier molecular flexibility index (Phi) is 3.11. The van der Waals surface area contributed by atoms with Crippen LogP contribution in [0.2, 0.25) is 0 Å². The normalized spacial score (nSPS) is 49.2. The average molecular weight is 203 g/mol. The third-order valence-electron chi connectivity index (χ3n) is 1.83. The van der Waals surface area contributed by atoms with Gasteiger partial charge in [0.1, 0.15) is 0 Å². The quantitative estimate of drug-likeness (QED) is 0.597. The molecule has 0 amide bonds. The van der Waals surface area contributed by atoms with Gasteiger partial charge in [-0.1, -0.05) is 0 Å². The van der Waals surface area contributed by atoms with Gasteiger partial charge in [0, 0.05) is 6.04 Å². The molecule has 1 aliphatic carbocycles. The number of nitrogens with two attached hydrogens (primary N) is 1. The molecule has 0 spiro atoms. The van der Waals surface area contributed by atoms with Crippen molar-refractivity contribution in [1.29, 1.82) is 0 Å². The van der Waals surface area contributed by atoms with E-state index in [1.165, 1.54) is 0 Å². The first-order valence-electron chi connectivity index (χ1n) is 3.30. The Morgan fingerprint density at radius 2 is 1.60 bits per heavy atom. The first-order chi connectivity index (χ1) is 4.63. The van der Waals surface area contributed by atoms with Gasteiger partial charge < -0.3 is 5.73 Å². The van der Waals surface area contributed by atoms with E-state index in [4.69, 9.17) is 40.5 Å². The lowest BCUT2D eigenvalue weighted by Gasteiger charge is -2.31. The predicted octanol–water partition coefficient (Wildman–Crippen LogP) is 1.93. The van der Waals surface area contributed by atoms with Crippen molar-refractivity contribution in [2.75, 3.05) is 0 Å². The van der Waals surface area contributed by atoms with E-state index in [1.807, 2.05) is 0 Å². The monoisotopic (exact) mass is 201 g/mol. The van der Waals surface area contributed by atoms with Crippen LogP contribution < -0.4 is 5.73 Å². The van der Waals surface area contributed by atoms with Crippen LogP contribution in [0.25, 0.3) is 0 Å². The molecule has 0 heterocycles. The second kappa shape index (κ2) is 3.48. The molecule has 2 N–H and O–H groups in total. The molecule has 4 unspecified atom stereocenters. The van der Waals surface area contributed by atoms with Gasteiger partial charge in [-0.2, -0.15) is 0 Å². The molecular formula is C6H10Cl3N. The third kappa shape index (κ3) is 1.70. The SMILES string of the molecule is NC1CCC(Cl)C(Cl)C1Cl. The summed E-state index contributed by atoms with van der Waals surface area (Å²) in [6.45, 7) is 0. The van der Waals surface area contributed by atoms with Crippen LogP contribution in [0.5, 0.6) is 0 Å². The van der Waals surface area contributed by atoms with E-state index in [0.29, 0.717) is 0 Å². The summed E-state index contributed by atoms with van der Waals surface area (Å²) in [5.41, 5.74) is 5.66. The molecule has 1 rings (SSSR count). The van der Waals surface area contributed by atoms with Crippen LogP contribution in [0, 0.1) is 0 Å². The van der Waals surface area contributed by atoms with E-state index in [0.717, 1.165) is 12.8 Å². The van der Waals surface area contributed by atoms with Crippen LogP contribution in [-0.2, 0) is 0 Å². The van der Waals surface area contributed by atoms with Crippen molar-refractivity contribution < 1.29 is 0 Å². The van der Waals surface area contributed by atoms with Crippen LogP contribution in [0.15, 0.2) is 0 Å². The van der Waals surface area contributed by atoms with Crippen molar-refractivity contribution in [3.05, 3.63) is 0 Å². The molecule has 4 heteroatoms. The molecule has 0 aromatic heterocycles. The summed E-state index contributed by atoms with van der Waals surface area (Å²) in [5.74, 6) is 0. The van der Waals surface area contributed by atoms with Gasteiger partial charge in [0.05, 0.1) is 16.1 Å². The van der Waals surface area contributed by atoms with E-state index in [9.17, 15) is 0 Å². The zero-order valence-corrected chi connectivity index (χ0v) is 7.70. The Morgan fingerprint density at radius 1 is 1.00 bits per heavy atom. The van der Waals surface area contributed by atoms with Crippen molar-refractivity contribution >= 4 is 34.8 Å². The highest BCUT2D eigenvalue weighted by molar-refractivity contribution is 6.35. The molecular weight excluding hydrogens is 192 g/mol. The fourth-order valence-electron chi connectivity index (χ4n) is 1.11. The first-order valence-corrected chi connectivity index (χ1v) is 4.61. The molecule has 1 fully saturated rings. The number of halogens is 3. The van der Waals surface area contributed by atoms with Gasteiger partial charge >= 0.3 is 0 Å². The maximum absolute atomic E-state index is 5.87. The zero-order chi connectivity index (χ0) is 7.72. The van der Waals surface area contributed by atoms with Crippen LogP contribution in [0.3, 0.4) is 0 Å². The van der Waals surface area contributed by atoms with Gasteiger partial charge in [-0.3, -0.25) is 0 Å². The Labute approximate surface area is 75.8 Å². The summed E-state index contributed by atoms with van der Waals surface area (Å²) in [6, 6.07) is 0.0131. The summed E-state index contributed by atoms with van der Waals surface area (Å²) in [6.07, 6.45) is 1.76. The largest absolute Gasteiger partial charge is 0.326 e. The van der Waals surface area contributed by atoms with Gasteiger partial charge in [-0.05, 0) is 12.8 Å². The summed E-state index contributed by atoms with van der Waals surface area (Å²) >= 11 is 17.6. The van der Waals surface area contributed by atoms with Crippen LogP contribution in [0.1, 0.15) is 12.8 Å². The lowest BCUT2D eigenvalue weighted by Crippen LogP contribution is -2.45. The summed E-state index contributed by atoms with van der Waals surface area (Å²) in [7, 11) is 0. The fourth-order valence-corrected chi connectivity index (χ4v) is 2.08.